The zero-order chi connectivity index (χ0) is 16.2. The molecule has 0 bridgehead atoms. The predicted octanol–water partition coefficient (Wildman–Crippen LogP) is 1.82. The minimum atomic E-state index is -1.06. The molecule has 0 aromatic heterocycles. The van der Waals surface area contributed by atoms with Crippen molar-refractivity contribution >= 4 is 17.6 Å². The molecule has 0 saturated carbocycles. The van der Waals surface area contributed by atoms with Crippen LogP contribution in [0.15, 0.2) is 18.2 Å². The number of aliphatic carboxylic acids is 1. The smallest absolute Gasteiger partial charge is 0.308 e. The SMILES string of the molecule is CC(C)C(CNC(=O)c1ccc([N+](=O)[O-])cc1F)C(=O)O. The van der Waals surface area contributed by atoms with Crippen molar-refractivity contribution in [2.75, 3.05) is 6.54 Å². The molecule has 8 heteroatoms. The van der Waals surface area contributed by atoms with Crippen LogP contribution in [0.3, 0.4) is 0 Å². The Morgan fingerprint density at radius 2 is 2.05 bits per heavy atom. The van der Waals surface area contributed by atoms with Gasteiger partial charge in [-0.2, -0.15) is 0 Å². The lowest BCUT2D eigenvalue weighted by Gasteiger charge is -2.16. The second kappa shape index (κ2) is 6.78. The highest BCUT2D eigenvalue weighted by molar-refractivity contribution is 5.94. The van der Waals surface area contributed by atoms with Crippen molar-refractivity contribution in [2.45, 2.75) is 13.8 Å². The van der Waals surface area contributed by atoms with Gasteiger partial charge in [-0.15, -0.1) is 0 Å². The third-order valence-electron chi connectivity index (χ3n) is 3.01. The van der Waals surface area contributed by atoms with Gasteiger partial charge in [-0.25, -0.2) is 4.39 Å². The number of rotatable bonds is 6. The molecule has 0 heterocycles. The van der Waals surface area contributed by atoms with E-state index >= 15 is 0 Å². The summed E-state index contributed by atoms with van der Waals surface area (Å²) in [5, 5.41) is 21.8. The van der Waals surface area contributed by atoms with Gasteiger partial charge in [-0.1, -0.05) is 13.8 Å². The highest BCUT2D eigenvalue weighted by Crippen LogP contribution is 2.17. The van der Waals surface area contributed by atoms with Gasteiger partial charge in [-0.05, 0) is 12.0 Å². The molecule has 1 rings (SSSR count). The van der Waals surface area contributed by atoms with Crippen molar-refractivity contribution in [3.8, 4) is 0 Å². The molecule has 0 aliphatic heterocycles. The number of carboxylic acid groups (broad SMARTS) is 1. The second-order valence-electron chi connectivity index (χ2n) is 4.82. The summed E-state index contributed by atoms with van der Waals surface area (Å²) in [5.41, 5.74) is -0.830. The number of nitrogens with one attached hydrogen (secondary N) is 1. The van der Waals surface area contributed by atoms with Crippen molar-refractivity contribution < 1.29 is 24.0 Å². The number of non-ortho nitro benzene ring substituents is 1. The van der Waals surface area contributed by atoms with E-state index in [1.54, 1.807) is 13.8 Å². The second-order valence-corrected chi connectivity index (χ2v) is 4.82. The number of nitro groups is 1. The van der Waals surface area contributed by atoms with Crippen molar-refractivity contribution in [1.29, 1.82) is 0 Å². The summed E-state index contributed by atoms with van der Waals surface area (Å²) in [5.74, 6) is -3.90. The Balaban J connectivity index is 2.81. The van der Waals surface area contributed by atoms with E-state index in [1.165, 1.54) is 0 Å². The molecule has 1 aromatic rings. The number of hydrogen-bond acceptors (Lipinski definition) is 4. The maximum absolute atomic E-state index is 13.6. The first-order valence-electron chi connectivity index (χ1n) is 6.19. The Kier molecular flexibility index (Phi) is 5.34. The summed E-state index contributed by atoms with van der Waals surface area (Å²) in [7, 11) is 0. The van der Waals surface area contributed by atoms with Crippen LogP contribution in [-0.2, 0) is 4.79 Å². The van der Waals surface area contributed by atoms with Gasteiger partial charge in [0.1, 0.15) is 5.82 Å². The third-order valence-corrected chi connectivity index (χ3v) is 3.01. The van der Waals surface area contributed by atoms with E-state index in [0.717, 1.165) is 12.1 Å². The summed E-state index contributed by atoms with van der Waals surface area (Å²) in [6, 6.07) is 2.65. The van der Waals surface area contributed by atoms with Gasteiger partial charge >= 0.3 is 5.97 Å². The van der Waals surface area contributed by atoms with Crippen LogP contribution in [-0.4, -0.2) is 28.5 Å². The van der Waals surface area contributed by atoms with Gasteiger partial charge in [0.15, 0.2) is 0 Å². The van der Waals surface area contributed by atoms with Gasteiger partial charge in [0.25, 0.3) is 11.6 Å². The van der Waals surface area contributed by atoms with E-state index in [4.69, 9.17) is 5.11 Å². The van der Waals surface area contributed by atoms with Crippen LogP contribution in [0.4, 0.5) is 10.1 Å². The fraction of sp³-hybridized carbons (Fsp3) is 0.385. The van der Waals surface area contributed by atoms with Gasteiger partial charge in [0, 0.05) is 12.6 Å². The molecular formula is C13H15FN2O5. The molecule has 0 aliphatic carbocycles. The first-order chi connectivity index (χ1) is 9.73. The molecule has 0 radical (unpaired) electrons. The minimum Gasteiger partial charge on any atom is -0.481 e. The number of benzene rings is 1. The topological polar surface area (TPSA) is 110 Å². The Morgan fingerprint density at radius 1 is 1.43 bits per heavy atom. The normalized spacial score (nSPS) is 12.0. The largest absolute Gasteiger partial charge is 0.481 e. The maximum atomic E-state index is 13.6. The lowest BCUT2D eigenvalue weighted by atomic mass is 9.96. The van der Waals surface area contributed by atoms with Crippen molar-refractivity contribution in [1.82, 2.24) is 5.32 Å². The van der Waals surface area contributed by atoms with Gasteiger partial charge in [-0.3, -0.25) is 19.7 Å². The number of nitro benzene ring substituents is 1. The number of amides is 1. The van der Waals surface area contributed by atoms with E-state index in [-0.39, 0.29) is 18.0 Å². The molecule has 0 saturated heterocycles. The van der Waals surface area contributed by atoms with Crippen molar-refractivity contribution in [3.63, 3.8) is 0 Å². The van der Waals surface area contributed by atoms with Crippen molar-refractivity contribution in [2.24, 2.45) is 11.8 Å². The molecule has 21 heavy (non-hydrogen) atoms. The van der Waals surface area contributed by atoms with Crippen LogP contribution in [0.1, 0.15) is 24.2 Å². The van der Waals surface area contributed by atoms with Crippen LogP contribution < -0.4 is 5.32 Å². The molecule has 1 unspecified atom stereocenters. The Bertz CT molecular complexity index is 574. The summed E-state index contributed by atoms with van der Waals surface area (Å²) in [6.07, 6.45) is 0. The monoisotopic (exact) mass is 298 g/mol. The molecule has 1 atom stereocenters. The van der Waals surface area contributed by atoms with Gasteiger partial charge in [0.05, 0.1) is 22.5 Å². The molecule has 114 valence electrons. The summed E-state index contributed by atoms with van der Waals surface area (Å²) >= 11 is 0. The number of carbonyl (C=O) groups excluding carboxylic acids is 1. The average Bonchev–Trinajstić information content (AvgIpc) is 2.37. The lowest BCUT2D eigenvalue weighted by Crippen LogP contribution is -2.35. The Morgan fingerprint density at radius 3 is 2.48 bits per heavy atom. The summed E-state index contributed by atoms with van der Waals surface area (Å²) in [6.45, 7) is 3.23. The fourth-order valence-corrected chi connectivity index (χ4v) is 1.71. The molecule has 1 aromatic carbocycles. The van der Waals surface area contributed by atoms with Crippen molar-refractivity contribution in [3.05, 3.63) is 39.7 Å². The van der Waals surface area contributed by atoms with Crippen LogP contribution in [0.25, 0.3) is 0 Å². The quantitative estimate of drug-likeness (QED) is 0.615. The number of hydrogen-bond donors (Lipinski definition) is 2. The van der Waals surface area contributed by atoms with Gasteiger partial charge < -0.3 is 10.4 Å². The van der Waals surface area contributed by atoms with Crippen LogP contribution in [0.5, 0.6) is 0 Å². The Labute approximate surface area is 119 Å². The van der Waals surface area contributed by atoms with E-state index in [2.05, 4.69) is 5.32 Å². The predicted molar refractivity (Wildman–Crippen MR) is 71.4 cm³/mol. The van der Waals surface area contributed by atoms with Crippen LogP contribution in [0, 0.1) is 27.8 Å². The van der Waals surface area contributed by atoms with Gasteiger partial charge in [0.2, 0.25) is 0 Å². The first kappa shape index (κ1) is 16.5. The number of carboxylic acids is 1. The minimum absolute atomic E-state index is 0.151. The average molecular weight is 298 g/mol. The highest BCUT2D eigenvalue weighted by Gasteiger charge is 2.23. The maximum Gasteiger partial charge on any atom is 0.308 e. The summed E-state index contributed by atoms with van der Waals surface area (Å²) < 4.78 is 13.6. The fourth-order valence-electron chi connectivity index (χ4n) is 1.71. The van der Waals surface area contributed by atoms with Crippen LogP contribution >= 0.6 is 0 Å². The number of nitrogens with zero attached hydrogens (tertiary/aromatic N) is 1. The summed E-state index contributed by atoms with van der Waals surface area (Å²) in [4.78, 5) is 32.5. The van der Waals surface area contributed by atoms with Crippen LogP contribution in [0.2, 0.25) is 0 Å². The molecular weight excluding hydrogens is 283 g/mol. The Hall–Kier alpha value is -2.51. The molecule has 2 N–H and O–H groups in total. The number of halogens is 1. The molecule has 0 fully saturated rings. The van der Waals surface area contributed by atoms with E-state index < -0.39 is 34.2 Å². The van der Waals surface area contributed by atoms with E-state index in [9.17, 15) is 24.1 Å². The standard InChI is InChI=1S/C13H15FN2O5/c1-7(2)10(13(18)19)6-15-12(17)9-4-3-8(16(20)21)5-11(9)14/h3-5,7,10H,6H2,1-2H3,(H,15,17)(H,18,19). The first-order valence-corrected chi connectivity index (χ1v) is 6.19. The van der Waals surface area contributed by atoms with E-state index in [1.807, 2.05) is 0 Å². The molecule has 0 spiro atoms. The number of carbonyl (C=O) groups is 2. The third kappa shape index (κ3) is 4.23. The zero-order valence-corrected chi connectivity index (χ0v) is 11.5. The zero-order valence-electron chi connectivity index (χ0n) is 11.5. The van der Waals surface area contributed by atoms with E-state index in [0.29, 0.717) is 6.07 Å². The molecule has 1 amide bonds. The molecule has 7 nitrogen and oxygen atoms in total. The lowest BCUT2D eigenvalue weighted by molar-refractivity contribution is -0.385. The molecule has 0 aliphatic rings. The highest BCUT2D eigenvalue weighted by atomic mass is 19.1.